The molecule has 42 heavy (non-hydrogen) atoms. The number of methoxy groups -OCH3 is 1. The van der Waals surface area contributed by atoms with Gasteiger partial charge in [-0.05, 0) is 110 Å². The second kappa shape index (κ2) is 19.3. The molecular weight excluding hydrogens is 528 g/mol. The normalized spacial score (nSPS) is 20.1. The van der Waals surface area contributed by atoms with Gasteiger partial charge in [0.2, 0.25) is 11.8 Å². The second-order valence-electron chi connectivity index (χ2n) is 12.8. The summed E-state index contributed by atoms with van der Waals surface area (Å²) in [5.41, 5.74) is 1.12. The zero-order chi connectivity index (χ0) is 31.1. The van der Waals surface area contributed by atoms with E-state index in [1.165, 1.54) is 12.8 Å². The van der Waals surface area contributed by atoms with Crippen LogP contribution in [0.15, 0.2) is 23.2 Å². The largest absolute Gasteiger partial charge is 0.498 e. The molecule has 1 aliphatic carbocycles. The third kappa shape index (κ3) is 13.1. The van der Waals surface area contributed by atoms with Crippen LogP contribution < -0.4 is 0 Å². The number of hydrogen-bond donors (Lipinski definition) is 0. The molecule has 2 aliphatic rings. The number of carbonyl (C=O) groups is 2. The predicted octanol–water partition coefficient (Wildman–Crippen LogP) is 5.55. The number of hydrogen-bond acceptors (Lipinski definition) is 6. The number of ether oxygens (including phenoxy) is 2. The average Bonchev–Trinajstić information content (AvgIpc) is 3.71. The monoisotopic (exact) mass is 590 g/mol. The van der Waals surface area contributed by atoms with Gasteiger partial charge in [0.25, 0.3) is 0 Å². The van der Waals surface area contributed by atoms with E-state index in [0.717, 1.165) is 108 Å². The lowest BCUT2D eigenvalue weighted by Gasteiger charge is -2.30. The van der Waals surface area contributed by atoms with Gasteiger partial charge in [0.15, 0.2) is 5.76 Å². The first-order valence-electron chi connectivity index (χ1n) is 16.6. The number of rotatable bonds is 21. The van der Waals surface area contributed by atoms with Crippen LogP contribution in [0.3, 0.4) is 0 Å². The zero-order valence-electron chi connectivity index (χ0n) is 28.3. The minimum atomic E-state index is 0.121. The van der Waals surface area contributed by atoms with Gasteiger partial charge in [-0.15, -0.1) is 0 Å². The van der Waals surface area contributed by atoms with E-state index in [2.05, 4.69) is 48.7 Å². The molecule has 0 unspecified atom stereocenters. The van der Waals surface area contributed by atoms with Crippen LogP contribution in [0, 0.1) is 11.8 Å². The van der Waals surface area contributed by atoms with E-state index in [0.29, 0.717) is 24.4 Å². The molecule has 1 aliphatic heterocycles. The van der Waals surface area contributed by atoms with Crippen LogP contribution in [0.5, 0.6) is 0 Å². The smallest absolute Gasteiger partial charge is 0.236 e. The highest BCUT2D eigenvalue weighted by molar-refractivity contribution is 5.78. The van der Waals surface area contributed by atoms with Crippen LogP contribution in [0.2, 0.25) is 0 Å². The van der Waals surface area contributed by atoms with Crippen molar-refractivity contribution in [2.45, 2.75) is 98.4 Å². The Morgan fingerprint density at radius 2 is 1.62 bits per heavy atom. The summed E-state index contributed by atoms with van der Waals surface area (Å²) in [6, 6.07) is 0.296. The van der Waals surface area contributed by atoms with E-state index in [1.54, 1.807) is 14.0 Å². The van der Waals surface area contributed by atoms with Gasteiger partial charge in [-0.2, -0.15) is 0 Å². The molecule has 0 radical (unpaired) electrons. The van der Waals surface area contributed by atoms with Gasteiger partial charge < -0.3 is 24.2 Å². The number of likely N-dealkylation sites (tertiary alicyclic amines) is 1. The minimum Gasteiger partial charge on any atom is -0.498 e. The molecule has 2 atom stereocenters. The molecule has 1 heterocycles. The molecule has 1 saturated carbocycles. The van der Waals surface area contributed by atoms with Gasteiger partial charge >= 0.3 is 0 Å². The molecule has 2 rings (SSSR count). The Labute approximate surface area is 257 Å². The zero-order valence-corrected chi connectivity index (χ0v) is 28.3. The Balaban J connectivity index is 2.10. The lowest BCUT2D eigenvalue weighted by molar-refractivity contribution is -0.133. The first-order valence-corrected chi connectivity index (χ1v) is 16.6. The molecule has 2 amide bonds. The van der Waals surface area contributed by atoms with Crippen LogP contribution in [-0.2, 0) is 19.1 Å². The molecule has 0 aromatic heterocycles. The van der Waals surface area contributed by atoms with Gasteiger partial charge in [-0.25, -0.2) is 0 Å². The van der Waals surface area contributed by atoms with Crippen molar-refractivity contribution in [2.75, 3.05) is 73.6 Å². The van der Waals surface area contributed by atoms with Gasteiger partial charge in [0, 0.05) is 45.7 Å². The fourth-order valence-electron chi connectivity index (χ4n) is 5.82. The summed E-state index contributed by atoms with van der Waals surface area (Å²) in [4.78, 5) is 34.4. The fourth-order valence-corrected chi connectivity index (χ4v) is 5.82. The Hall–Kier alpha value is -2.06. The third-order valence-corrected chi connectivity index (χ3v) is 8.83. The number of carbonyl (C=O) groups excluding carboxylic acids is 2. The summed E-state index contributed by atoms with van der Waals surface area (Å²) in [5, 5.41) is 0. The van der Waals surface area contributed by atoms with Gasteiger partial charge in [-0.3, -0.25) is 14.5 Å². The quantitative estimate of drug-likeness (QED) is 0.0993. The SMILES string of the molecule is CCCCN(CCCCN(C)C)C(=O)CN1C[C@H](C/C=C(C)\C(OCC2CC2)=C(/C)OC)C[C@@H]1CCN(CC)C(C)=O. The lowest BCUT2D eigenvalue weighted by atomic mass is 9.98. The van der Waals surface area contributed by atoms with Crippen molar-refractivity contribution >= 4 is 11.8 Å². The van der Waals surface area contributed by atoms with E-state index in [9.17, 15) is 9.59 Å². The maximum absolute atomic E-state index is 13.6. The van der Waals surface area contributed by atoms with Crippen molar-refractivity contribution in [1.82, 2.24) is 19.6 Å². The molecule has 0 aromatic carbocycles. The van der Waals surface area contributed by atoms with Crippen LogP contribution >= 0.6 is 0 Å². The fraction of sp³-hybridized carbons (Fsp3) is 0.824. The van der Waals surface area contributed by atoms with E-state index >= 15 is 0 Å². The molecule has 2 fully saturated rings. The highest BCUT2D eigenvalue weighted by atomic mass is 16.5. The predicted molar refractivity (Wildman–Crippen MR) is 172 cm³/mol. The Morgan fingerprint density at radius 3 is 2.21 bits per heavy atom. The first-order chi connectivity index (χ1) is 20.1. The maximum Gasteiger partial charge on any atom is 0.236 e. The highest BCUT2D eigenvalue weighted by Gasteiger charge is 2.34. The van der Waals surface area contributed by atoms with Crippen molar-refractivity contribution in [3.63, 3.8) is 0 Å². The average molecular weight is 591 g/mol. The van der Waals surface area contributed by atoms with E-state index in [-0.39, 0.29) is 11.8 Å². The van der Waals surface area contributed by atoms with Gasteiger partial charge in [0.05, 0.1) is 20.3 Å². The van der Waals surface area contributed by atoms with Crippen molar-refractivity contribution in [3.05, 3.63) is 23.2 Å². The lowest BCUT2D eigenvalue weighted by Crippen LogP contribution is -2.44. The van der Waals surface area contributed by atoms with Gasteiger partial charge in [-0.1, -0.05) is 19.4 Å². The summed E-state index contributed by atoms with van der Waals surface area (Å²) in [6.45, 7) is 16.3. The summed E-state index contributed by atoms with van der Waals surface area (Å²) < 4.78 is 11.7. The topological polar surface area (TPSA) is 65.6 Å². The molecule has 1 saturated heterocycles. The van der Waals surface area contributed by atoms with Crippen molar-refractivity contribution in [3.8, 4) is 0 Å². The molecule has 0 bridgehead atoms. The molecule has 8 heteroatoms. The summed E-state index contributed by atoms with van der Waals surface area (Å²) >= 11 is 0. The van der Waals surface area contributed by atoms with Gasteiger partial charge in [0.1, 0.15) is 5.76 Å². The third-order valence-electron chi connectivity index (χ3n) is 8.83. The number of allylic oxidation sites excluding steroid dienone is 3. The molecule has 0 aromatic rings. The van der Waals surface area contributed by atoms with Crippen molar-refractivity contribution in [2.24, 2.45) is 11.8 Å². The van der Waals surface area contributed by atoms with Crippen molar-refractivity contribution in [1.29, 1.82) is 0 Å². The Kier molecular flexibility index (Phi) is 16.6. The number of nitrogens with zero attached hydrogens (tertiary/aromatic N) is 4. The molecule has 0 spiro atoms. The summed E-state index contributed by atoms with van der Waals surface area (Å²) in [7, 11) is 5.90. The number of amides is 2. The number of unbranched alkanes of at least 4 members (excludes halogenated alkanes) is 2. The van der Waals surface area contributed by atoms with Crippen LogP contribution in [-0.4, -0.2) is 111 Å². The molecule has 8 nitrogen and oxygen atoms in total. The van der Waals surface area contributed by atoms with E-state index in [1.807, 2.05) is 18.7 Å². The van der Waals surface area contributed by atoms with Crippen LogP contribution in [0.1, 0.15) is 92.4 Å². The minimum absolute atomic E-state index is 0.121. The summed E-state index contributed by atoms with van der Waals surface area (Å²) in [5.74, 6) is 3.20. The molecular formula is C34H62N4O4. The Bertz CT molecular complexity index is 883. The van der Waals surface area contributed by atoms with Crippen LogP contribution in [0.25, 0.3) is 0 Å². The second-order valence-corrected chi connectivity index (χ2v) is 12.8. The molecule has 242 valence electrons. The Morgan fingerprint density at radius 1 is 0.929 bits per heavy atom. The van der Waals surface area contributed by atoms with E-state index < -0.39 is 0 Å². The molecule has 0 N–H and O–H groups in total. The standard InChI is InChI=1S/C34H62N4O4/c1-9-11-20-37(21-13-12-19-35(6)7)33(40)25-38-24-31(23-32(38)18-22-36(10-2)29(5)39)15-14-27(3)34(28(4)41-8)42-26-30-16-17-30/h14,30-32H,9-13,15-26H2,1-8H3/b27-14-,34-28-/t31-,32+/m1/s1. The summed E-state index contributed by atoms with van der Waals surface area (Å²) in [6.07, 6.45) is 11.9. The van der Waals surface area contributed by atoms with Crippen molar-refractivity contribution < 1.29 is 19.1 Å². The maximum atomic E-state index is 13.6. The first kappa shape index (κ1) is 36.1. The highest BCUT2D eigenvalue weighted by Crippen LogP contribution is 2.32. The van der Waals surface area contributed by atoms with Crippen LogP contribution in [0.4, 0.5) is 0 Å². The van der Waals surface area contributed by atoms with E-state index in [4.69, 9.17) is 9.47 Å².